The van der Waals surface area contributed by atoms with Crippen LogP contribution >= 0.6 is 0 Å². The molecular formula is C19H22F3N5O2. The Hall–Kier alpha value is -2.46. The summed E-state index contributed by atoms with van der Waals surface area (Å²) >= 11 is 0. The van der Waals surface area contributed by atoms with Crippen LogP contribution < -0.4 is 5.32 Å². The molecule has 1 aromatic heterocycles. The number of aryl methyl sites for hydroxylation is 1. The second-order valence-electron chi connectivity index (χ2n) is 7.47. The van der Waals surface area contributed by atoms with Gasteiger partial charge in [-0.3, -0.25) is 4.90 Å². The Morgan fingerprint density at radius 2 is 2.03 bits per heavy atom. The highest BCUT2D eigenvalue weighted by Crippen LogP contribution is 2.36. The van der Waals surface area contributed by atoms with Gasteiger partial charge in [0.25, 0.3) is 0 Å². The van der Waals surface area contributed by atoms with Crippen molar-refractivity contribution in [2.24, 2.45) is 0 Å². The maximum Gasteiger partial charge on any atom is 0.416 e. The Bertz CT molecular complexity index is 889. The Balaban J connectivity index is 1.48. The molecule has 7 nitrogen and oxygen atoms in total. The third-order valence-electron chi connectivity index (χ3n) is 5.36. The number of hydrogen-bond donors (Lipinski definition) is 2. The van der Waals surface area contributed by atoms with Crippen LogP contribution in [0.4, 0.5) is 19.1 Å². The van der Waals surface area contributed by atoms with Crippen LogP contribution in [0, 0.1) is 6.92 Å². The summed E-state index contributed by atoms with van der Waals surface area (Å²) in [7, 11) is 0. The molecule has 0 bridgehead atoms. The molecule has 0 spiro atoms. The van der Waals surface area contributed by atoms with Gasteiger partial charge in [-0.15, -0.1) is 10.2 Å². The van der Waals surface area contributed by atoms with Gasteiger partial charge in [-0.1, -0.05) is 0 Å². The van der Waals surface area contributed by atoms with Crippen molar-refractivity contribution in [3.8, 4) is 17.0 Å². The van der Waals surface area contributed by atoms with E-state index >= 15 is 0 Å². The van der Waals surface area contributed by atoms with Crippen LogP contribution in [-0.2, 0) is 10.9 Å². The summed E-state index contributed by atoms with van der Waals surface area (Å²) in [5, 5.41) is 21.5. The second kappa shape index (κ2) is 7.75. The van der Waals surface area contributed by atoms with Crippen molar-refractivity contribution in [3.63, 3.8) is 0 Å². The molecule has 0 aliphatic carbocycles. The molecule has 156 valence electrons. The predicted molar refractivity (Wildman–Crippen MR) is 99.5 cm³/mol. The summed E-state index contributed by atoms with van der Waals surface area (Å²) in [6.07, 6.45) is -2.46. The lowest BCUT2D eigenvalue weighted by Crippen LogP contribution is -2.54. The number of halogens is 3. The monoisotopic (exact) mass is 409 g/mol. The Kier molecular flexibility index (Phi) is 5.30. The largest absolute Gasteiger partial charge is 0.507 e. The number of anilines is 1. The van der Waals surface area contributed by atoms with E-state index in [1.807, 2.05) is 0 Å². The molecule has 1 aromatic carbocycles. The lowest BCUT2D eigenvalue weighted by atomic mass is 10.0. The molecule has 4 rings (SSSR count). The summed E-state index contributed by atoms with van der Waals surface area (Å²) < 4.78 is 43.6. The van der Waals surface area contributed by atoms with Gasteiger partial charge in [0, 0.05) is 18.2 Å². The lowest BCUT2D eigenvalue weighted by molar-refractivity contribution is -0.137. The summed E-state index contributed by atoms with van der Waals surface area (Å²) in [4.78, 5) is 6.80. The predicted octanol–water partition coefficient (Wildman–Crippen LogP) is 2.85. The topological polar surface area (TPSA) is 83.4 Å². The van der Waals surface area contributed by atoms with E-state index in [0.29, 0.717) is 23.8 Å². The van der Waals surface area contributed by atoms with Crippen molar-refractivity contribution in [2.45, 2.75) is 38.0 Å². The van der Waals surface area contributed by atoms with Gasteiger partial charge in [0.15, 0.2) is 0 Å². The van der Waals surface area contributed by atoms with Crippen molar-refractivity contribution < 1.29 is 23.0 Å². The first-order valence-corrected chi connectivity index (χ1v) is 9.51. The van der Waals surface area contributed by atoms with Gasteiger partial charge in [-0.25, -0.2) is 4.98 Å². The van der Waals surface area contributed by atoms with Gasteiger partial charge in [0.05, 0.1) is 30.5 Å². The standard InChI is InChI=1S/C19H22F3N5O2/c1-11-17(15-5-4-12(7-16(15)28)19(20,21)22)25-26-18(23-11)24-13-3-2-6-27(8-13)14-9-29-10-14/h4-5,7,13-14,28H,2-3,6,8-10H2,1H3,(H,23,24,26)/t13-/m1/s1. The number of piperidine rings is 1. The average molecular weight is 409 g/mol. The first kappa shape index (κ1) is 19.8. The molecule has 2 saturated heterocycles. The van der Waals surface area contributed by atoms with E-state index in [1.54, 1.807) is 6.92 Å². The van der Waals surface area contributed by atoms with Crippen molar-refractivity contribution in [3.05, 3.63) is 29.5 Å². The molecule has 1 atom stereocenters. The molecule has 2 aliphatic rings. The molecule has 0 saturated carbocycles. The minimum atomic E-state index is -4.53. The minimum absolute atomic E-state index is 0.163. The molecular weight excluding hydrogens is 387 g/mol. The van der Waals surface area contributed by atoms with E-state index in [4.69, 9.17) is 4.74 Å². The summed E-state index contributed by atoms with van der Waals surface area (Å²) in [6, 6.07) is 3.44. The maximum atomic E-state index is 12.8. The highest BCUT2D eigenvalue weighted by molar-refractivity contribution is 5.69. The van der Waals surface area contributed by atoms with Crippen LogP contribution in [-0.4, -0.2) is 63.6 Å². The zero-order valence-electron chi connectivity index (χ0n) is 15.9. The Morgan fingerprint density at radius 3 is 2.66 bits per heavy atom. The third-order valence-corrected chi connectivity index (χ3v) is 5.36. The molecule has 29 heavy (non-hydrogen) atoms. The number of nitrogens with one attached hydrogen (secondary N) is 1. The van der Waals surface area contributed by atoms with Crippen LogP contribution in [0.3, 0.4) is 0 Å². The Morgan fingerprint density at radius 1 is 1.24 bits per heavy atom. The quantitative estimate of drug-likeness (QED) is 0.803. The number of nitrogens with zero attached hydrogens (tertiary/aromatic N) is 4. The number of ether oxygens (including phenoxy) is 1. The first-order chi connectivity index (χ1) is 13.8. The molecule has 0 radical (unpaired) electrons. The van der Waals surface area contributed by atoms with Crippen LogP contribution in [0.25, 0.3) is 11.3 Å². The zero-order valence-corrected chi connectivity index (χ0v) is 15.9. The molecule has 3 heterocycles. The number of alkyl halides is 3. The molecule has 2 fully saturated rings. The van der Waals surface area contributed by atoms with Gasteiger partial charge < -0.3 is 15.2 Å². The number of aromatic nitrogens is 3. The average Bonchev–Trinajstić information content (AvgIpc) is 2.60. The van der Waals surface area contributed by atoms with Gasteiger partial charge in [-0.05, 0) is 44.5 Å². The summed E-state index contributed by atoms with van der Waals surface area (Å²) in [5.41, 5.74) is -0.0403. The van der Waals surface area contributed by atoms with Crippen LogP contribution in [0.1, 0.15) is 24.1 Å². The van der Waals surface area contributed by atoms with E-state index in [9.17, 15) is 18.3 Å². The fraction of sp³-hybridized carbons (Fsp3) is 0.526. The maximum absolute atomic E-state index is 12.8. The second-order valence-corrected chi connectivity index (χ2v) is 7.47. The van der Waals surface area contributed by atoms with Gasteiger partial charge in [-0.2, -0.15) is 13.2 Å². The smallest absolute Gasteiger partial charge is 0.416 e. The molecule has 0 unspecified atom stereocenters. The van der Waals surface area contributed by atoms with Crippen molar-refractivity contribution in [1.29, 1.82) is 0 Å². The van der Waals surface area contributed by atoms with Gasteiger partial charge >= 0.3 is 6.18 Å². The number of aromatic hydroxyl groups is 1. The lowest BCUT2D eigenvalue weighted by Gasteiger charge is -2.42. The Labute approximate surface area is 165 Å². The van der Waals surface area contributed by atoms with E-state index in [1.165, 1.54) is 6.07 Å². The van der Waals surface area contributed by atoms with E-state index in [-0.39, 0.29) is 17.3 Å². The van der Waals surface area contributed by atoms with Crippen LogP contribution in [0.2, 0.25) is 0 Å². The number of benzene rings is 1. The van der Waals surface area contributed by atoms with Gasteiger partial charge in [0.1, 0.15) is 11.4 Å². The molecule has 10 heteroatoms. The SMILES string of the molecule is Cc1nc(N[C@@H]2CCCN(C3COC3)C2)nnc1-c1ccc(C(F)(F)F)cc1O. The van der Waals surface area contributed by atoms with Crippen LogP contribution in [0.5, 0.6) is 5.75 Å². The normalized spacial score (nSPS) is 21.0. The van der Waals surface area contributed by atoms with Crippen molar-refractivity contribution in [1.82, 2.24) is 20.1 Å². The highest BCUT2D eigenvalue weighted by Gasteiger charge is 2.32. The van der Waals surface area contributed by atoms with Crippen LogP contribution in [0.15, 0.2) is 18.2 Å². The number of phenols is 1. The first-order valence-electron chi connectivity index (χ1n) is 9.51. The molecule has 2 aliphatic heterocycles. The molecule has 2 aromatic rings. The number of likely N-dealkylation sites (tertiary alicyclic amines) is 1. The highest BCUT2D eigenvalue weighted by atomic mass is 19.4. The molecule has 2 N–H and O–H groups in total. The number of phenolic OH excluding ortho intramolecular Hbond substituents is 1. The fourth-order valence-corrected chi connectivity index (χ4v) is 3.69. The zero-order chi connectivity index (χ0) is 20.6. The number of rotatable bonds is 4. The van der Waals surface area contributed by atoms with E-state index in [2.05, 4.69) is 25.4 Å². The fourth-order valence-electron chi connectivity index (χ4n) is 3.69. The van der Waals surface area contributed by atoms with E-state index in [0.717, 1.165) is 45.2 Å². The summed E-state index contributed by atoms with van der Waals surface area (Å²) in [5.74, 6) is -0.139. The van der Waals surface area contributed by atoms with E-state index < -0.39 is 17.5 Å². The third kappa shape index (κ3) is 4.27. The number of hydrogen-bond acceptors (Lipinski definition) is 7. The van der Waals surface area contributed by atoms with Crippen molar-refractivity contribution >= 4 is 5.95 Å². The minimum Gasteiger partial charge on any atom is -0.507 e. The van der Waals surface area contributed by atoms with Gasteiger partial charge in [0.2, 0.25) is 5.95 Å². The summed E-state index contributed by atoms with van der Waals surface area (Å²) in [6.45, 7) is 5.16. The molecule has 0 amide bonds. The van der Waals surface area contributed by atoms with Crippen molar-refractivity contribution in [2.75, 3.05) is 31.6 Å².